The summed E-state index contributed by atoms with van der Waals surface area (Å²) >= 11 is 0. The van der Waals surface area contributed by atoms with Gasteiger partial charge in [-0.3, -0.25) is 4.79 Å². The van der Waals surface area contributed by atoms with Gasteiger partial charge in [0.1, 0.15) is 6.10 Å². The van der Waals surface area contributed by atoms with Gasteiger partial charge in [0, 0.05) is 19.0 Å². The number of aliphatic hydroxyl groups excluding tert-OH is 1. The van der Waals surface area contributed by atoms with E-state index in [0.29, 0.717) is 18.4 Å². The van der Waals surface area contributed by atoms with Crippen molar-refractivity contribution in [3.8, 4) is 0 Å². The van der Waals surface area contributed by atoms with E-state index in [1.165, 1.54) is 19.3 Å². The number of epoxide rings is 1. The molecule has 5 heteroatoms. The summed E-state index contributed by atoms with van der Waals surface area (Å²) in [5, 5.41) is 10.7. The Morgan fingerprint density at radius 3 is 2.71 bits per heavy atom. The molecule has 2 aliphatic heterocycles. The highest BCUT2D eigenvalue weighted by molar-refractivity contribution is 5.75. The zero-order valence-corrected chi connectivity index (χ0v) is 19.1. The van der Waals surface area contributed by atoms with Gasteiger partial charge in [-0.1, -0.05) is 44.2 Å². The van der Waals surface area contributed by atoms with Crippen LogP contribution in [0.3, 0.4) is 0 Å². The second kappa shape index (κ2) is 7.86. The van der Waals surface area contributed by atoms with Gasteiger partial charge in [0.25, 0.3) is 0 Å². The Hall–Kier alpha value is -1.43. The van der Waals surface area contributed by atoms with Crippen molar-refractivity contribution in [3.63, 3.8) is 0 Å². The Bertz CT molecular complexity index is 809. The van der Waals surface area contributed by atoms with Crippen molar-refractivity contribution in [1.29, 1.82) is 0 Å². The molecule has 1 spiro atoms. The fourth-order valence-corrected chi connectivity index (χ4v) is 7.15. The third-order valence-electron chi connectivity index (χ3n) is 8.87. The number of benzene rings is 1. The van der Waals surface area contributed by atoms with Crippen LogP contribution in [0.5, 0.6) is 0 Å². The predicted molar refractivity (Wildman–Crippen MR) is 118 cm³/mol. The van der Waals surface area contributed by atoms with Crippen LogP contribution in [0.15, 0.2) is 30.3 Å². The molecule has 1 aromatic rings. The van der Waals surface area contributed by atoms with Gasteiger partial charge in [0.15, 0.2) is 0 Å². The van der Waals surface area contributed by atoms with E-state index < -0.39 is 6.10 Å². The molecule has 0 unspecified atom stereocenters. The summed E-state index contributed by atoms with van der Waals surface area (Å²) in [4.78, 5) is 15.1. The second-order valence-electron chi connectivity index (χ2n) is 11.2. The number of hydrogen-bond donors (Lipinski definition) is 1. The average molecular weight is 428 g/mol. The first-order valence-corrected chi connectivity index (χ1v) is 12.1. The third-order valence-corrected chi connectivity index (χ3v) is 8.87. The lowest BCUT2D eigenvalue weighted by atomic mass is 9.53. The lowest BCUT2D eigenvalue weighted by Crippen LogP contribution is -2.51. The molecule has 0 bridgehead atoms. The molecule has 0 aromatic heterocycles. The number of nitrogens with zero attached hydrogens (tertiary/aromatic N) is 1. The van der Waals surface area contributed by atoms with Gasteiger partial charge in [0.2, 0.25) is 0 Å². The molecule has 2 heterocycles. The van der Waals surface area contributed by atoms with Crippen molar-refractivity contribution >= 4 is 5.97 Å². The maximum Gasteiger partial charge on any atom is 0.310 e. The maximum atomic E-state index is 12.9. The predicted octanol–water partition coefficient (Wildman–Crippen LogP) is 3.81. The van der Waals surface area contributed by atoms with Gasteiger partial charge < -0.3 is 19.5 Å². The quantitative estimate of drug-likeness (QED) is 0.552. The number of carbonyl (C=O) groups excluding carboxylic acids is 1. The number of carbonyl (C=O) groups is 1. The minimum absolute atomic E-state index is 0.0221. The Labute approximate surface area is 186 Å². The van der Waals surface area contributed by atoms with Gasteiger partial charge in [-0.15, -0.1) is 0 Å². The first-order valence-electron chi connectivity index (χ1n) is 12.1. The van der Waals surface area contributed by atoms with Crippen LogP contribution in [0.2, 0.25) is 0 Å². The van der Waals surface area contributed by atoms with Crippen molar-refractivity contribution in [3.05, 3.63) is 35.9 Å². The van der Waals surface area contributed by atoms with E-state index in [0.717, 1.165) is 31.6 Å². The maximum absolute atomic E-state index is 12.9. The summed E-state index contributed by atoms with van der Waals surface area (Å²) in [6.45, 7) is 6.82. The highest BCUT2D eigenvalue weighted by Gasteiger charge is 2.65. The Kier molecular flexibility index (Phi) is 5.43. The summed E-state index contributed by atoms with van der Waals surface area (Å²) in [5.41, 5.74) is 1.28. The van der Waals surface area contributed by atoms with Gasteiger partial charge in [-0.05, 0) is 62.0 Å². The van der Waals surface area contributed by atoms with Crippen molar-refractivity contribution in [1.82, 2.24) is 4.90 Å². The molecule has 2 saturated carbocycles. The molecular weight excluding hydrogens is 390 g/mol. The lowest BCUT2D eigenvalue weighted by molar-refractivity contribution is -0.147. The van der Waals surface area contributed by atoms with Crippen LogP contribution in [0.1, 0.15) is 57.6 Å². The van der Waals surface area contributed by atoms with Crippen LogP contribution in [0, 0.1) is 29.1 Å². The van der Waals surface area contributed by atoms with Crippen molar-refractivity contribution in [2.45, 2.75) is 63.8 Å². The highest BCUT2D eigenvalue weighted by Crippen LogP contribution is 2.62. The molecule has 2 saturated heterocycles. The second-order valence-corrected chi connectivity index (χ2v) is 11.2. The van der Waals surface area contributed by atoms with E-state index >= 15 is 0 Å². The van der Waals surface area contributed by atoms with E-state index in [2.05, 4.69) is 25.8 Å². The molecule has 8 atom stereocenters. The highest BCUT2D eigenvalue weighted by atomic mass is 16.6. The molecule has 170 valence electrons. The van der Waals surface area contributed by atoms with E-state index in [4.69, 9.17) is 9.47 Å². The summed E-state index contributed by atoms with van der Waals surface area (Å²) < 4.78 is 12.0. The van der Waals surface area contributed by atoms with Gasteiger partial charge >= 0.3 is 5.97 Å². The van der Waals surface area contributed by atoms with Crippen LogP contribution in [0.4, 0.5) is 0 Å². The molecule has 1 N–H and O–H groups in total. The summed E-state index contributed by atoms with van der Waals surface area (Å²) in [7, 11) is 2.06. The number of rotatable bonds is 6. The van der Waals surface area contributed by atoms with E-state index in [9.17, 15) is 9.90 Å². The van der Waals surface area contributed by atoms with Gasteiger partial charge in [-0.25, -0.2) is 0 Å². The molecule has 1 aromatic carbocycles. The summed E-state index contributed by atoms with van der Waals surface area (Å²) in [6.07, 6.45) is 5.23. The normalized spacial score (nSPS) is 40.9. The largest absolute Gasteiger partial charge is 0.462 e. The molecule has 0 radical (unpaired) electrons. The lowest BCUT2D eigenvalue weighted by Gasteiger charge is -2.51. The van der Waals surface area contributed by atoms with Crippen molar-refractivity contribution < 1.29 is 19.4 Å². The average Bonchev–Trinajstić information content (AvgIpc) is 3.45. The number of fused-ring (bicyclic) bond motifs is 3. The topological polar surface area (TPSA) is 62.3 Å². The zero-order valence-electron chi connectivity index (χ0n) is 19.1. The van der Waals surface area contributed by atoms with Crippen LogP contribution in [-0.4, -0.2) is 54.4 Å². The summed E-state index contributed by atoms with van der Waals surface area (Å²) in [5.74, 6) is 0.832. The van der Waals surface area contributed by atoms with Crippen molar-refractivity contribution in [2.75, 3.05) is 26.7 Å². The van der Waals surface area contributed by atoms with E-state index in [1.54, 1.807) is 0 Å². The Balaban J connectivity index is 1.24. The first kappa shape index (κ1) is 21.4. The van der Waals surface area contributed by atoms with Crippen LogP contribution in [-0.2, 0) is 14.3 Å². The zero-order chi connectivity index (χ0) is 21.8. The molecule has 4 fully saturated rings. The van der Waals surface area contributed by atoms with E-state index in [1.807, 2.05) is 30.3 Å². The molecule has 5 rings (SSSR count). The van der Waals surface area contributed by atoms with Crippen molar-refractivity contribution in [2.24, 2.45) is 29.1 Å². The fourth-order valence-electron chi connectivity index (χ4n) is 7.15. The van der Waals surface area contributed by atoms with Crippen LogP contribution in [0.25, 0.3) is 0 Å². The molecule has 5 nitrogen and oxygen atoms in total. The minimum Gasteiger partial charge on any atom is -0.462 e. The first-order chi connectivity index (χ1) is 14.8. The van der Waals surface area contributed by atoms with Gasteiger partial charge in [0.05, 0.1) is 24.2 Å². The van der Waals surface area contributed by atoms with Crippen LogP contribution >= 0.6 is 0 Å². The fraction of sp³-hybridized carbons (Fsp3) is 0.731. The Morgan fingerprint density at radius 1 is 1.26 bits per heavy atom. The van der Waals surface area contributed by atoms with Crippen LogP contribution < -0.4 is 0 Å². The van der Waals surface area contributed by atoms with E-state index in [-0.39, 0.29) is 34.9 Å². The standard InChI is InChI=1S/C26H37NO4/c1-17(23(28)18-8-5-4-6-9-18)14-27(3)15-20-19-12-22-25(2,13-21(19)31-24(20)29)10-7-11-26(22)16-30-26/h4-6,8-9,17,19-23,28H,7,10-16H2,1-3H3/t17-,19+,20+,21-,22+,23-,25-,26-/m1/s1. The SMILES string of the molecule is C[C@H](CN(C)C[C@@H]1C(=O)O[C@@H]2C[C@@]3(C)CCC[C@@]4(CO4)[C@H]3C[C@@H]12)[C@@H](O)c1ccccc1. The molecule has 31 heavy (non-hydrogen) atoms. The molecular formula is C26H37NO4. The molecule has 4 aliphatic rings. The Morgan fingerprint density at radius 2 is 2.00 bits per heavy atom. The number of hydrogen-bond acceptors (Lipinski definition) is 5. The monoisotopic (exact) mass is 427 g/mol. The smallest absolute Gasteiger partial charge is 0.310 e. The number of aliphatic hydroxyl groups is 1. The minimum atomic E-state index is -0.503. The van der Waals surface area contributed by atoms with Gasteiger partial charge in [-0.2, -0.15) is 0 Å². The molecule has 0 amide bonds. The third kappa shape index (κ3) is 3.83. The number of ether oxygens (including phenoxy) is 2. The number of esters is 1. The summed E-state index contributed by atoms with van der Waals surface area (Å²) in [6, 6.07) is 9.83. The molecule has 2 aliphatic carbocycles.